The molecule has 27 heavy (non-hydrogen) atoms. The second-order valence-electron chi connectivity index (χ2n) is 6.47. The molecule has 0 fully saturated rings. The predicted molar refractivity (Wildman–Crippen MR) is 116 cm³/mol. The molecule has 0 spiro atoms. The van der Waals surface area contributed by atoms with Crippen LogP contribution in [-0.4, -0.2) is 11.7 Å². The van der Waals surface area contributed by atoms with E-state index in [1.54, 1.807) is 0 Å². The fourth-order valence-electron chi connectivity index (χ4n) is 3.43. The fourth-order valence-corrected chi connectivity index (χ4v) is 3.43. The van der Waals surface area contributed by atoms with E-state index in [0.717, 1.165) is 5.69 Å². The Morgan fingerprint density at radius 3 is 1.63 bits per heavy atom. The number of nitrogens with zero attached hydrogens (tertiary/aromatic N) is 1. The van der Waals surface area contributed by atoms with Gasteiger partial charge in [-0.2, -0.15) is 0 Å². The van der Waals surface area contributed by atoms with Gasteiger partial charge in [-0.1, -0.05) is 113 Å². The van der Waals surface area contributed by atoms with Crippen molar-refractivity contribution in [1.29, 1.82) is 0 Å². The van der Waals surface area contributed by atoms with E-state index in [1.165, 1.54) is 22.0 Å². The summed E-state index contributed by atoms with van der Waals surface area (Å²) in [6, 6.07) is 38.0. The van der Waals surface area contributed by atoms with Crippen LogP contribution in [0.5, 0.6) is 0 Å². The Kier molecular flexibility index (Phi) is 5.26. The van der Waals surface area contributed by atoms with E-state index in [2.05, 4.69) is 108 Å². The number of benzene rings is 3. The number of pyridine rings is 1. The molecule has 128 valence electrons. The summed E-state index contributed by atoms with van der Waals surface area (Å²) < 4.78 is 0. The van der Waals surface area contributed by atoms with Gasteiger partial charge in [0.25, 0.3) is 0 Å². The monoisotopic (exact) mass is 345 g/mol. The van der Waals surface area contributed by atoms with Gasteiger partial charge in [-0.05, 0) is 23.8 Å². The Bertz CT molecular complexity index is 958. The molecule has 0 N–H and O–H groups in total. The molecule has 1 heterocycles. The van der Waals surface area contributed by atoms with Crippen LogP contribution in [0.1, 0.15) is 11.3 Å². The lowest BCUT2D eigenvalue weighted by atomic mass is 9.35. The molecular weight excluding hydrogens is 325 g/mol. The summed E-state index contributed by atoms with van der Waals surface area (Å²) in [5.41, 5.74) is 5.96. The summed E-state index contributed by atoms with van der Waals surface area (Å²) >= 11 is 0. The summed E-state index contributed by atoms with van der Waals surface area (Å²) in [5.74, 6) is 0. The lowest BCUT2D eigenvalue weighted by Gasteiger charge is -2.19. The van der Waals surface area contributed by atoms with Crippen molar-refractivity contribution in [2.45, 2.75) is 0 Å². The number of hydrogen-bond acceptors (Lipinski definition) is 1. The first-order valence-electron chi connectivity index (χ1n) is 9.20. The molecule has 0 atom stereocenters. The Balaban J connectivity index is 1.93. The van der Waals surface area contributed by atoms with Crippen molar-refractivity contribution in [2.75, 3.05) is 0 Å². The molecule has 0 aliphatic carbocycles. The second-order valence-corrected chi connectivity index (χ2v) is 6.47. The first-order valence-corrected chi connectivity index (χ1v) is 9.20. The number of hydrogen-bond donors (Lipinski definition) is 0. The Morgan fingerprint density at radius 1 is 0.593 bits per heavy atom. The summed E-state index contributed by atoms with van der Waals surface area (Å²) in [7, 11) is 0. The van der Waals surface area contributed by atoms with E-state index in [4.69, 9.17) is 0 Å². The summed E-state index contributed by atoms with van der Waals surface area (Å²) in [5, 5.41) is 0. The van der Waals surface area contributed by atoms with E-state index in [-0.39, 0.29) is 6.71 Å². The molecule has 3 aromatic carbocycles. The highest BCUT2D eigenvalue weighted by Gasteiger charge is 2.24. The van der Waals surface area contributed by atoms with Gasteiger partial charge in [0, 0.05) is 6.20 Å². The van der Waals surface area contributed by atoms with E-state index in [9.17, 15) is 0 Å². The van der Waals surface area contributed by atoms with Gasteiger partial charge in [0.2, 0.25) is 6.71 Å². The highest BCUT2D eigenvalue weighted by atomic mass is 14.6. The molecule has 0 amide bonds. The van der Waals surface area contributed by atoms with Crippen molar-refractivity contribution in [3.05, 3.63) is 127 Å². The van der Waals surface area contributed by atoms with E-state index < -0.39 is 0 Å². The van der Waals surface area contributed by atoms with Crippen LogP contribution in [0.15, 0.2) is 115 Å². The predicted octanol–water partition coefficient (Wildman–Crippen LogP) is 4.47. The maximum absolute atomic E-state index is 4.54. The van der Waals surface area contributed by atoms with E-state index in [1.807, 2.05) is 18.3 Å². The molecular formula is C25H20BN. The molecule has 0 saturated heterocycles. The van der Waals surface area contributed by atoms with Crippen LogP contribution in [0.25, 0.3) is 11.5 Å². The Morgan fingerprint density at radius 2 is 1.11 bits per heavy atom. The fraction of sp³-hybridized carbons (Fsp3) is 0. The SMILES string of the molecule is C(=C(B(c1ccccc1)c1ccccc1)c1ccccc1)c1ccccn1. The molecule has 1 aromatic heterocycles. The van der Waals surface area contributed by atoms with Crippen LogP contribution in [-0.2, 0) is 0 Å². The van der Waals surface area contributed by atoms with Crippen molar-refractivity contribution >= 4 is 29.2 Å². The normalized spacial score (nSPS) is 11.2. The third-order valence-corrected chi connectivity index (χ3v) is 4.68. The van der Waals surface area contributed by atoms with E-state index in [0.29, 0.717) is 0 Å². The van der Waals surface area contributed by atoms with Gasteiger partial charge in [-0.3, -0.25) is 4.98 Å². The van der Waals surface area contributed by atoms with Crippen LogP contribution in [0, 0.1) is 0 Å². The minimum absolute atomic E-state index is 0.136. The van der Waals surface area contributed by atoms with Crippen molar-refractivity contribution in [3.8, 4) is 0 Å². The van der Waals surface area contributed by atoms with Crippen molar-refractivity contribution < 1.29 is 0 Å². The maximum Gasteiger partial charge on any atom is 0.242 e. The molecule has 0 aliphatic heterocycles. The molecule has 0 saturated carbocycles. The van der Waals surface area contributed by atoms with Crippen molar-refractivity contribution in [3.63, 3.8) is 0 Å². The highest BCUT2D eigenvalue weighted by molar-refractivity contribution is 7.00. The first kappa shape index (κ1) is 17.1. The number of aromatic nitrogens is 1. The van der Waals surface area contributed by atoms with Gasteiger partial charge in [-0.15, -0.1) is 0 Å². The number of rotatable bonds is 5. The van der Waals surface area contributed by atoms with Crippen LogP contribution in [0.2, 0.25) is 0 Å². The van der Waals surface area contributed by atoms with E-state index >= 15 is 0 Å². The zero-order valence-electron chi connectivity index (χ0n) is 15.1. The summed E-state index contributed by atoms with van der Waals surface area (Å²) in [6.45, 7) is 0.136. The zero-order valence-corrected chi connectivity index (χ0v) is 15.1. The Hall–Kier alpha value is -3.39. The van der Waals surface area contributed by atoms with Crippen LogP contribution in [0.4, 0.5) is 0 Å². The van der Waals surface area contributed by atoms with Crippen molar-refractivity contribution in [2.24, 2.45) is 0 Å². The van der Waals surface area contributed by atoms with Gasteiger partial charge in [-0.25, -0.2) is 0 Å². The van der Waals surface area contributed by atoms with Gasteiger partial charge in [0.15, 0.2) is 0 Å². The molecule has 1 nitrogen and oxygen atoms in total. The minimum atomic E-state index is 0.136. The average molecular weight is 345 g/mol. The van der Waals surface area contributed by atoms with Crippen LogP contribution in [0.3, 0.4) is 0 Å². The second kappa shape index (κ2) is 8.33. The highest BCUT2D eigenvalue weighted by Crippen LogP contribution is 2.21. The van der Waals surface area contributed by atoms with Crippen LogP contribution < -0.4 is 10.9 Å². The molecule has 0 unspecified atom stereocenters. The largest absolute Gasteiger partial charge is 0.257 e. The molecule has 0 bridgehead atoms. The van der Waals surface area contributed by atoms with Crippen LogP contribution >= 0.6 is 0 Å². The molecule has 0 radical (unpaired) electrons. The quantitative estimate of drug-likeness (QED) is 0.486. The van der Waals surface area contributed by atoms with Gasteiger partial charge < -0.3 is 0 Å². The topological polar surface area (TPSA) is 12.9 Å². The van der Waals surface area contributed by atoms with Gasteiger partial charge in [0.1, 0.15) is 0 Å². The average Bonchev–Trinajstić information content (AvgIpc) is 2.76. The van der Waals surface area contributed by atoms with Gasteiger partial charge >= 0.3 is 0 Å². The summed E-state index contributed by atoms with van der Waals surface area (Å²) in [6.07, 6.45) is 4.05. The maximum atomic E-state index is 4.54. The minimum Gasteiger partial charge on any atom is -0.257 e. The van der Waals surface area contributed by atoms with Gasteiger partial charge in [0.05, 0.1) is 5.69 Å². The third kappa shape index (κ3) is 4.07. The zero-order chi connectivity index (χ0) is 18.3. The molecule has 4 rings (SSSR count). The third-order valence-electron chi connectivity index (χ3n) is 4.68. The molecule has 4 aromatic rings. The molecule has 0 aliphatic rings. The molecule has 2 heteroatoms. The smallest absolute Gasteiger partial charge is 0.242 e. The Labute approximate surface area is 161 Å². The standard InChI is InChI=1S/C25H20BN/c1-4-12-21(13-5-1)25(20-24-18-10-11-19-27-24)26(22-14-6-2-7-15-22)23-16-8-3-9-17-23/h1-20H. The first-order chi connectivity index (χ1) is 13.4. The lowest BCUT2D eigenvalue weighted by molar-refractivity contribution is 1.30. The lowest BCUT2D eigenvalue weighted by Crippen LogP contribution is -2.43. The van der Waals surface area contributed by atoms with Crippen molar-refractivity contribution in [1.82, 2.24) is 4.98 Å². The summed E-state index contributed by atoms with van der Waals surface area (Å²) in [4.78, 5) is 4.54.